The number of urea groups is 1. The minimum atomic E-state index is -0.293. The van der Waals surface area contributed by atoms with E-state index in [-0.39, 0.29) is 12.6 Å². The average molecular weight is 363 g/mol. The van der Waals surface area contributed by atoms with Crippen molar-refractivity contribution in [2.24, 2.45) is 0 Å². The molecular formula is C20H21N5O2. The molecule has 138 valence electrons. The van der Waals surface area contributed by atoms with Gasteiger partial charge in [0.15, 0.2) is 5.82 Å². The Morgan fingerprint density at radius 3 is 2.78 bits per heavy atom. The van der Waals surface area contributed by atoms with Crippen molar-refractivity contribution in [3.8, 4) is 0 Å². The molecule has 0 radical (unpaired) electrons. The fourth-order valence-electron chi connectivity index (χ4n) is 2.83. The molecule has 0 saturated heterocycles. The lowest BCUT2D eigenvalue weighted by Crippen LogP contribution is -2.29. The Kier molecular flexibility index (Phi) is 5.09. The Bertz CT molecular complexity index is 906. The van der Waals surface area contributed by atoms with Gasteiger partial charge in [-0.3, -0.25) is 4.98 Å². The van der Waals surface area contributed by atoms with Crippen molar-refractivity contribution in [1.82, 2.24) is 20.4 Å². The molecule has 2 N–H and O–H groups in total. The average Bonchev–Trinajstić information content (AvgIpc) is 3.45. The number of benzene rings is 1. The molecule has 7 nitrogen and oxygen atoms in total. The van der Waals surface area contributed by atoms with E-state index in [1.807, 2.05) is 42.5 Å². The number of pyridine rings is 1. The molecule has 27 heavy (non-hydrogen) atoms. The maximum absolute atomic E-state index is 12.2. The number of rotatable bonds is 7. The maximum Gasteiger partial charge on any atom is 0.319 e. The zero-order valence-electron chi connectivity index (χ0n) is 14.9. The second-order valence-electron chi connectivity index (χ2n) is 6.61. The van der Waals surface area contributed by atoms with E-state index in [1.54, 1.807) is 6.20 Å². The molecule has 7 heteroatoms. The number of para-hydroxylation sites is 1. The van der Waals surface area contributed by atoms with Crippen LogP contribution in [0.3, 0.4) is 0 Å². The number of hydrogen-bond acceptors (Lipinski definition) is 5. The molecule has 1 aliphatic carbocycles. The van der Waals surface area contributed by atoms with Gasteiger partial charge in [0, 0.05) is 23.5 Å². The molecule has 0 bridgehead atoms. The standard InChI is InChI=1S/C20H21N5O2/c26-20(22-13-18-24-19(27-25-18)15-8-9-15)23-17-7-2-1-5-14(17)10-11-16-6-3-4-12-21-16/h1-7,12,15H,8-11,13H2,(H2,22,23,26). The summed E-state index contributed by atoms with van der Waals surface area (Å²) in [5.41, 5.74) is 2.88. The predicted molar refractivity (Wildman–Crippen MR) is 100 cm³/mol. The molecule has 0 spiro atoms. The summed E-state index contributed by atoms with van der Waals surface area (Å²) < 4.78 is 5.19. The molecule has 2 aromatic heterocycles. The third-order valence-corrected chi connectivity index (χ3v) is 4.46. The number of nitrogens with zero attached hydrogens (tertiary/aromatic N) is 3. The third-order valence-electron chi connectivity index (χ3n) is 4.46. The second-order valence-corrected chi connectivity index (χ2v) is 6.61. The second kappa shape index (κ2) is 7.99. The molecule has 0 unspecified atom stereocenters. The molecule has 1 saturated carbocycles. The van der Waals surface area contributed by atoms with Crippen LogP contribution in [0.5, 0.6) is 0 Å². The quantitative estimate of drug-likeness (QED) is 0.671. The molecule has 0 atom stereocenters. The fraction of sp³-hybridized carbons (Fsp3) is 0.300. The summed E-state index contributed by atoms with van der Waals surface area (Å²) in [6, 6.07) is 13.4. The van der Waals surface area contributed by atoms with Gasteiger partial charge in [-0.2, -0.15) is 4.98 Å². The van der Waals surface area contributed by atoms with E-state index >= 15 is 0 Å². The largest absolute Gasteiger partial charge is 0.339 e. The number of nitrogens with one attached hydrogen (secondary N) is 2. The van der Waals surface area contributed by atoms with Crippen molar-refractivity contribution < 1.29 is 9.32 Å². The normalized spacial score (nSPS) is 13.3. The summed E-state index contributed by atoms with van der Waals surface area (Å²) in [4.78, 5) is 20.9. The molecule has 1 aromatic carbocycles. The van der Waals surface area contributed by atoms with E-state index in [0.29, 0.717) is 17.6 Å². The van der Waals surface area contributed by atoms with Crippen LogP contribution in [-0.2, 0) is 19.4 Å². The van der Waals surface area contributed by atoms with E-state index < -0.39 is 0 Å². The Hall–Kier alpha value is -3.22. The lowest BCUT2D eigenvalue weighted by Gasteiger charge is -2.11. The van der Waals surface area contributed by atoms with Gasteiger partial charge in [0.25, 0.3) is 0 Å². The molecule has 4 rings (SSSR count). The lowest BCUT2D eigenvalue weighted by molar-refractivity contribution is 0.251. The van der Waals surface area contributed by atoms with E-state index in [0.717, 1.165) is 42.6 Å². The molecular weight excluding hydrogens is 342 g/mol. The number of aromatic nitrogens is 3. The Morgan fingerprint density at radius 2 is 1.96 bits per heavy atom. The monoisotopic (exact) mass is 363 g/mol. The number of anilines is 1. The summed E-state index contributed by atoms with van der Waals surface area (Å²) in [6.07, 6.45) is 5.60. The number of carbonyl (C=O) groups is 1. The first kappa shape index (κ1) is 17.2. The fourth-order valence-corrected chi connectivity index (χ4v) is 2.83. The minimum Gasteiger partial charge on any atom is -0.339 e. The SMILES string of the molecule is O=C(NCc1noc(C2CC2)n1)Nc1ccccc1CCc1ccccn1. The van der Waals surface area contributed by atoms with Gasteiger partial charge >= 0.3 is 6.03 Å². The Morgan fingerprint density at radius 1 is 1.11 bits per heavy atom. The van der Waals surface area contributed by atoms with Gasteiger partial charge in [-0.05, 0) is 49.4 Å². The van der Waals surface area contributed by atoms with Crippen LogP contribution in [0.2, 0.25) is 0 Å². The zero-order valence-corrected chi connectivity index (χ0v) is 14.9. The van der Waals surface area contributed by atoms with Crippen molar-refractivity contribution in [3.05, 3.63) is 71.6 Å². The van der Waals surface area contributed by atoms with Crippen LogP contribution >= 0.6 is 0 Å². The van der Waals surface area contributed by atoms with Gasteiger partial charge in [0.05, 0.1) is 6.54 Å². The van der Waals surface area contributed by atoms with Crippen LogP contribution in [0.4, 0.5) is 10.5 Å². The summed E-state index contributed by atoms with van der Waals surface area (Å²) >= 11 is 0. The molecule has 0 aliphatic heterocycles. The van der Waals surface area contributed by atoms with Gasteiger partial charge in [-0.25, -0.2) is 4.79 Å². The number of aryl methyl sites for hydroxylation is 2. The topological polar surface area (TPSA) is 92.9 Å². The van der Waals surface area contributed by atoms with Crippen LogP contribution < -0.4 is 10.6 Å². The van der Waals surface area contributed by atoms with Crippen molar-refractivity contribution in [1.29, 1.82) is 0 Å². The summed E-state index contributed by atoms with van der Waals surface area (Å²) in [5, 5.41) is 9.58. The van der Waals surface area contributed by atoms with Crippen LogP contribution in [0.25, 0.3) is 0 Å². The van der Waals surface area contributed by atoms with Crippen LogP contribution in [0.15, 0.2) is 53.2 Å². The highest BCUT2D eigenvalue weighted by Crippen LogP contribution is 2.38. The van der Waals surface area contributed by atoms with Crippen LogP contribution in [-0.4, -0.2) is 21.2 Å². The van der Waals surface area contributed by atoms with Gasteiger partial charge in [-0.15, -0.1) is 0 Å². The molecule has 3 aromatic rings. The van der Waals surface area contributed by atoms with Gasteiger partial charge in [-0.1, -0.05) is 29.4 Å². The highest BCUT2D eigenvalue weighted by atomic mass is 16.5. The van der Waals surface area contributed by atoms with Crippen molar-refractivity contribution in [2.75, 3.05) is 5.32 Å². The maximum atomic E-state index is 12.2. The van der Waals surface area contributed by atoms with E-state index in [1.165, 1.54) is 0 Å². The molecule has 2 heterocycles. The third kappa shape index (κ3) is 4.69. The highest BCUT2D eigenvalue weighted by molar-refractivity contribution is 5.90. The van der Waals surface area contributed by atoms with Crippen LogP contribution in [0, 0.1) is 0 Å². The van der Waals surface area contributed by atoms with Crippen LogP contribution in [0.1, 0.15) is 41.7 Å². The van der Waals surface area contributed by atoms with E-state index in [9.17, 15) is 4.79 Å². The zero-order chi connectivity index (χ0) is 18.5. The minimum absolute atomic E-state index is 0.234. The van der Waals surface area contributed by atoms with Gasteiger partial charge in [0.2, 0.25) is 5.89 Å². The number of hydrogen-bond donors (Lipinski definition) is 2. The Labute approximate surface area is 157 Å². The van der Waals surface area contributed by atoms with Crippen molar-refractivity contribution >= 4 is 11.7 Å². The summed E-state index contributed by atoms with van der Waals surface area (Å²) in [7, 11) is 0. The summed E-state index contributed by atoms with van der Waals surface area (Å²) in [5.74, 6) is 1.58. The first-order valence-corrected chi connectivity index (χ1v) is 9.13. The van der Waals surface area contributed by atoms with Crippen molar-refractivity contribution in [3.63, 3.8) is 0 Å². The van der Waals surface area contributed by atoms with Gasteiger partial charge in [0.1, 0.15) is 0 Å². The Balaban J connectivity index is 1.31. The molecule has 1 fully saturated rings. The first-order chi connectivity index (χ1) is 13.3. The predicted octanol–water partition coefficient (Wildman–Crippen LogP) is 3.45. The lowest BCUT2D eigenvalue weighted by atomic mass is 10.1. The van der Waals surface area contributed by atoms with Crippen molar-refractivity contribution in [2.45, 2.75) is 38.1 Å². The first-order valence-electron chi connectivity index (χ1n) is 9.13. The smallest absolute Gasteiger partial charge is 0.319 e. The summed E-state index contributed by atoms with van der Waals surface area (Å²) in [6.45, 7) is 0.234. The molecule has 1 aliphatic rings. The van der Waals surface area contributed by atoms with Gasteiger partial charge < -0.3 is 15.2 Å². The number of carbonyl (C=O) groups excluding carboxylic acids is 1. The van der Waals surface area contributed by atoms with E-state index in [4.69, 9.17) is 4.52 Å². The number of amides is 2. The van der Waals surface area contributed by atoms with E-state index in [2.05, 4.69) is 25.8 Å². The highest BCUT2D eigenvalue weighted by Gasteiger charge is 2.29. The molecule has 2 amide bonds.